The van der Waals surface area contributed by atoms with Crippen molar-refractivity contribution in [3.63, 3.8) is 0 Å². The standard InChI is InChI=1S/C16H14ClN5O6S2/c1-2-3-28-21-9(8-11(17)30-16(20-8)18-6-23)12(24)19-10-13(25)22-4-7(15(26)27)5-29-14(10)22/h2,4,6,10,14H,1,3,5H2,(H,19,24)(H,26,27)(H,18,20,23)/t10?,14-/m1/s1. The predicted octanol–water partition coefficient (Wildman–Crippen LogP) is 0.640. The molecule has 14 heteroatoms. The van der Waals surface area contributed by atoms with E-state index in [4.69, 9.17) is 21.5 Å². The second-order valence-corrected chi connectivity index (χ2v) is 8.49. The number of carbonyl (C=O) groups excluding carboxylic acids is 3. The van der Waals surface area contributed by atoms with Crippen LogP contribution in [0.5, 0.6) is 0 Å². The van der Waals surface area contributed by atoms with Gasteiger partial charge in [-0.3, -0.25) is 14.4 Å². The van der Waals surface area contributed by atoms with E-state index < -0.39 is 29.2 Å². The van der Waals surface area contributed by atoms with Crippen molar-refractivity contribution in [2.75, 3.05) is 17.7 Å². The zero-order valence-corrected chi connectivity index (χ0v) is 17.4. The molecule has 0 bridgehead atoms. The van der Waals surface area contributed by atoms with Crippen molar-refractivity contribution >= 4 is 69.7 Å². The number of carbonyl (C=O) groups is 4. The average molecular weight is 472 g/mol. The number of halogens is 1. The molecular weight excluding hydrogens is 458 g/mol. The number of nitrogens with zero attached hydrogens (tertiary/aromatic N) is 3. The molecule has 0 radical (unpaired) electrons. The van der Waals surface area contributed by atoms with Gasteiger partial charge in [0.15, 0.2) is 10.8 Å². The van der Waals surface area contributed by atoms with Crippen LogP contribution >= 0.6 is 34.7 Å². The van der Waals surface area contributed by atoms with Crippen LogP contribution in [0.1, 0.15) is 5.69 Å². The number of thioether (sulfide) groups is 1. The summed E-state index contributed by atoms with van der Waals surface area (Å²) in [4.78, 5) is 57.2. The van der Waals surface area contributed by atoms with Crippen LogP contribution in [0, 0.1) is 0 Å². The van der Waals surface area contributed by atoms with E-state index in [1.807, 2.05) is 0 Å². The van der Waals surface area contributed by atoms with Gasteiger partial charge in [0, 0.05) is 12.0 Å². The maximum absolute atomic E-state index is 12.8. The number of hydrogen-bond donors (Lipinski definition) is 3. The lowest BCUT2D eigenvalue weighted by atomic mass is 10.1. The van der Waals surface area contributed by atoms with Gasteiger partial charge in [-0.1, -0.05) is 40.7 Å². The van der Waals surface area contributed by atoms with Crippen molar-refractivity contribution in [1.82, 2.24) is 15.2 Å². The summed E-state index contributed by atoms with van der Waals surface area (Å²) < 4.78 is 0.0816. The first kappa shape index (κ1) is 21.8. The van der Waals surface area contributed by atoms with E-state index in [1.54, 1.807) is 0 Å². The summed E-state index contributed by atoms with van der Waals surface area (Å²) in [5.41, 5.74) is -0.217. The summed E-state index contributed by atoms with van der Waals surface area (Å²) in [6, 6.07) is -0.885. The molecule has 0 aliphatic carbocycles. The second-order valence-electron chi connectivity index (χ2n) is 5.79. The molecule has 1 aromatic heterocycles. The lowest BCUT2D eigenvalue weighted by molar-refractivity contribution is -0.144. The number of β-lactam (4-membered cyclic amide) rings is 1. The van der Waals surface area contributed by atoms with Crippen molar-refractivity contribution in [2.45, 2.75) is 11.4 Å². The number of rotatable bonds is 9. The molecule has 1 fully saturated rings. The molecule has 1 aromatic rings. The van der Waals surface area contributed by atoms with E-state index in [2.05, 4.69) is 27.4 Å². The zero-order chi connectivity index (χ0) is 21.8. The Morgan fingerprint density at radius 2 is 2.30 bits per heavy atom. The number of fused-ring (bicyclic) bond motifs is 1. The van der Waals surface area contributed by atoms with Crippen LogP contribution < -0.4 is 10.6 Å². The SMILES string of the molecule is C=CCON=C(C(=O)NC1C(=O)N2C=C(C(=O)O)CS[C@H]12)c1nc(NC=O)sc1Cl. The van der Waals surface area contributed by atoms with Crippen molar-refractivity contribution in [1.29, 1.82) is 0 Å². The van der Waals surface area contributed by atoms with E-state index >= 15 is 0 Å². The summed E-state index contributed by atoms with van der Waals surface area (Å²) in [5.74, 6) is -2.14. The van der Waals surface area contributed by atoms with Gasteiger partial charge in [0.1, 0.15) is 28.1 Å². The number of oxime groups is 1. The van der Waals surface area contributed by atoms with E-state index in [-0.39, 0.29) is 38.8 Å². The van der Waals surface area contributed by atoms with Gasteiger partial charge in [-0.2, -0.15) is 0 Å². The first-order valence-electron chi connectivity index (χ1n) is 8.23. The van der Waals surface area contributed by atoms with E-state index in [0.29, 0.717) is 6.41 Å². The Balaban J connectivity index is 1.79. The maximum Gasteiger partial charge on any atom is 0.333 e. The van der Waals surface area contributed by atoms with Crippen LogP contribution in [0.4, 0.5) is 5.13 Å². The van der Waals surface area contributed by atoms with E-state index in [0.717, 1.165) is 11.3 Å². The van der Waals surface area contributed by atoms with Gasteiger partial charge in [0.2, 0.25) is 6.41 Å². The van der Waals surface area contributed by atoms with Crippen LogP contribution in [0.2, 0.25) is 4.34 Å². The number of hydrogen-bond acceptors (Lipinski definition) is 9. The molecule has 2 atom stereocenters. The highest BCUT2D eigenvalue weighted by Gasteiger charge is 2.50. The van der Waals surface area contributed by atoms with Crippen molar-refractivity contribution in [3.05, 3.63) is 34.5 Å². The number of aliphatic carboxylic acids is 1. The lowest BCUT2D eigenvalue weighted by Crippen LogP contribution is -2.69. The number of carboxylic acid groups (broad SMARTS) is 1. The minimum absolute atomic E-state index is 0.00928. The summed E-state index contributed by atoms with van der Waals surface area (Å²) in [6.45, 7) is 3.49. The minimum Gasteiger partial charge on any atom is -0.478 e. The normalized spacial score (nSPS) is 20.4. The van der Waals surface area contributed by atoms with Crippen molar-refractivity contribution in [3.8, 4) is 0 Å². The van der Waals surface area contributed by atoms with E-state index in [1.165, 1.54) is 28.9 Å². The predicted molar refractivity (Wildman–Crippen MR) is 110 cm³/mol. The Labute approximate surface area is 182 Å². The molecule has 30 heavy (non-hydrogen) atoms. The van der Waals surface area contributed by atoms with Gasteiger partial charge >= 0.3 is 5.97 Å². The van der Waals surface area contributed by atoms with Crippen LogP contribution in [0.25, 0.3) is 0 Å². The summed E-state index contributed by atoms with van der Waals surface area (Å²) >= 11 is 8.25. The highest BCUT2D eigenvalue weighted by Crippen LogP contribution is 2.36. The molecule has 3 N–H and O–H groups in total. The average Bonchev–Trinajstić information content (AvgIpc) is 3.08. The molecular formula is C16H14ClN5O6S2. The van der Waals surface area contributed by atoms with Gasteiger partial charge in [0.05, 0.1) is 5.57 Å². The van der Waals surface area contributed by atoms with Gasteiger partial charge in [-0.25, -0.2) is 9.78 Å². The third-order valence-corrected chi connectivity index (χ3v) is 6.41. The van der Waals surface area contributed by atoms with Crippen LogP contribution in [0.3, 0.4) is 0 Å². The third-order valence-electron chi connectivity index (χ3n) is 3.90. The number of aromatic nitrogens is 1. The van der Waals surface area contributed by atoms with Crippen LogP contribution in [-0.4, -0.2) is 68.7 Å². The molecule has 3 rings (SSSR count). The lowest BCUT2D eigenvalue weighted by Gasteiger charge is -2.46. The fourth-order valence-electron chi connectivity index (χ4n) is 2.55. The summed E-state index contributed by atoms with van der Waals surface area (Å²) in [6.07, 6.45) is 3.09. The summed E-state index contributed by atoms with van der Waals surface area (Å²) in [7, 11) is 0. The molecule has 2 aliphatic heterocycles. The van der Waals surface area contributed by atoms with Crippen LogP contribution in [0.15, 0.2) is 29.6 Å². The van der Waals surface area contributed by atoms with Gasteiger partial charge in [0.25, 0.3) is 11.8 Å². The topological polar surface area (TPSA) is 150 Å². The molecule has 0 aromatic carbocycles. The number of nitrogens with one attached hydrogen (secondary N) is 2. The number of thiazole rings is 1. The van der Waals surface area contributed by atoms with Gasteiger partial charge in [-0.15, -0.1) is 11.8 Å². The Bertz CT molecular complexity index is 977. The Kier molecular flexibility index (Phi) is 6.74. The fraction of sp³-hybridized carbons (Fsp3) is 0.250. The number of amides is 3. The number of carboxylic acids is 1. The smallest absolute Gasteiger partial charge is 0.333 e. The van der Waals surface area contributed by atoms with Gasteiger partial charge < -0.3 is 25.5 Å². The highest BCUT2D eigenvalue weighted by atomic mass is 35.5. The largest absolute Gasteiger partial charge is 0.478 e. The molecule has 3 heterocycles. The van der Waals surface area contributed by atoms with Gasteiger partial charge in [-0.05, 0) is 0 Å². The van der Waals surface area contributed by atoms with E-state index in [9.17, 15) is 19.2 Å². The molecule has 1 saturated heterocycles. The highest BCUT2D eigenvalue weighted by molar-refractivity contribution is 8.00. The second kappa shape index (κ2) is 9.28. The number of anilines is 1. The Morgan fingerprint density at radius 3 is 2.97 bits per heavy atom. The minimum atomic E-state index is -1.10. The molecule has 0 spiro atoms. The zero-order valence-electron chi connectivity index (χ0n) is 15.0. The molecule has 3 amide bonds. The molecule has 158 valence electrons. The quantitative estimate of drug-likeness (QED) is 0.118. The molecule has 11 nitrogen and oxygen atoms in total. The van der Waals surface area contributed by atoms with Crippen LogP contribution in [-0.2, 0) is 24.0 Å². The molecule has 1 unspecified atom stereocenters. The monoisotopic (exact) mass is 471 g/mol. The Hall–Kier alpha value is -2.90. The first-order valence-corrected chi connectivity index (χ1v) is 10.5. The van der Waals surface area contributed by atoms with Crippen molar-refractivity contribution < 1.29 is 29.1 Å². The fourth-order valence-corrected chi connectivity index (χ4v) is 4.80. The maximum atomic E-state index is 12.8. The van der Waals surface area contributed by atoms with Crippen molar-refractivity contribution in [2.24, 2.45) is 5.16 Å². The molecule has 0 saturated carbocycles. The Morgan fingerprint density at radius 1 is 1.53 bits per heavy atom. The summed E-state index contributed by atoms with van der Waals surface area (Å²) in [5, 5.41) is 17.4. The third kappa shape index (κ3) is 4.32. The molecule has 2 aliphatic rings. The first-order chi connectivity index (χ1) is 14.4.